The van der Waals surface area contributed by atoms with E-state index in [0.717, 1.165) is 11.3 Å². The quantitative estimate of drug-likeness (QED) is 0.596. The molecule has 0 aromatic heterocycles. The molecule has 20 heavy (non-hydrogen) atoms. The minimum absolute atomic E-state index is 0.0940. The molecule has 1 aromatic rings. The maximum atomic E-state index is 11.9. The van der Waals surface area contributed by atoms with E-state index in [9.17, 15) is 4.79 Å². The van der Waals surface area contributed by atoms with Gasteiger partial charge in [-0.2, -0.15) is 0 Å². The van der Waals surface area contributed by atoms with Crippen molar-refractivity contribution in [3.8, 4) is 0 Å². The first kappa shape index (κ1) is 15.1. The summed E-state index contributed by atoms with van der Waals surface area (Å²) < 4.78 is 10.9. The molecule has 1 aliphatic rings. The lowest BCUT2D eigenvalue weighted by Crippen LogP contribution is -2.32. The predicted molar refractivity (Wildman–Crippen MR) is 81.6 cm³/mol. The smallest absolute Gasteiger partial charge is 0.319 e. The highest BCUT2D eigenvalue weighted by Crippen LogP contribution is 2.27. The Morgan fingerprint density at radius 2 is 2.15 bits per heavy atom. The summed E-state index contributed by atoms with van der Waals surface area (Å²) in [5, 5.41) is -0.143. The first-order valence-electron chi connectivity index (χ1n) is 6.88. The second-order valence-corrected chi connectivity index (χ2v) is 5.77. The molecule has 0 unspecified atom stereocenters. The summed E-state index contributed by atoms with van der Waals surface area (Å²) in [6.45, 7) is 3.38. The van der Waals surface area contributed by atoms with Crippen molar-refractivity contribution in [2.24, 2.45) is 5.92 Å². The van der Waals surface area contributed by atoms with Crippen LogP contribution in [0.1, 0.15) is 12.5 Å². The van der Waals surface area contributed by atoms with Gasteiger partial charge < -0.3 is 9.47 Å². The normalized spacial score (nSPS) is 21.6. The van der Waals surface area contributed by atoms with Crippen LogP contribution >= 0.6 is 11.8 Å². The molecule has 108 valence electrons. The van der Waals surface area contributed by atoms with Crippen LogP contribution in [0.4, 0.5) is 0 Å². The number of carbonyl (C=O) groups excluding carboxylic acids is 1. The van der Waals surface area contributed by atoms with E-state index in [1.54, 1.807) is 11.8 Å². The molecule has 4 heteroatoms. The molecule has 0 bridgehead atoms. The van der Waals surface area contributed by atoms with Crippen LogP contribution in [0.15, 0.2) is 42.5 Å². The zero-order chi connectivity index (χ0) is 14.2. The van der Waals surface area contributed by atoms with Crippen LogP contribution < -0.4 is 0 Å². The van der Waals surface area contributed by atoms with Gasteiger partial charge in [0.2, 0.25) is 0 Å². The Balaban J connectivity index is 1.84. The van der Waals surface area contributed by atoms with Gasteiger partial charge >= 0.3 is 5.97 Å². The van der Waals surface area contributed by atoms with Gasteiger partial charge in [-0.3, -0.25) is 4.79 Å². The molecule has 0 N–H and O–H groups in total. The van der Waals surface area contributed by atoms with E-state index in [2.05, 4.69) is 12.2 Å². The van der Waals surface area contributed by atoms with Crippen molar-refractivity contribution in [3.63, 3.8) is 0 Å². The molecule has 0 spiro atoms. The Bertz CT molecular complexity index is 444. The molecule has 3 nitrogen and oxygen atoms in total. The lowest BCUT2D eigenvalue weighted by molar-refractivity contribution is -0.143. The molecule has 0 aliphatic carbocycles. The minimum Gasteiger partial charge on any atom is -0.465 e. The highest BCUT2D eigenvalue weighted by molar-refractivity contribution is 8.00. The van der Waals surface area contributed by atoms with Gasteiger partial charge in [-0.25, -0.2) is 0 Å². The molecule has 0 saturated carbocycles. The fraction of sp³-hybridized carbons (Fsp3) is 0.438. The molecule has 1 heterocycles. The molecule has 1 aliphatic heterocycles. The Kier molecular flexibility index (Phi) is 6.15. The summed E-state index contributed by atoms with van der Waals surface area (Å²) in [6.07, 6.45) is 4.17. The molecule has 1 aromatic carbocycles. The topological polar surface area (TPSA) is 35.5 Å². The van der Waals surface area contributed by atoms with Gasteiger partial charge in [-0.05, 0) is 12.5 Å². The maximum absolute atomic E-state index is 11.9. The van der Waals surface area contributed by atoms with Gasteiger partial charge in [-0.1, -0.05) is 42.5 Å². The lowest BCUT2D eigenvalue weighted by atomic mass is 10.1. The standard InChI is InChI=1S/C16H20O3S/c1-2-19-16(17)15-14(9-6-10-20-15)12-18-11-13-7-4-3-5-8-13/h3-9,14-15H,2,10-12H2,1H3/t14-,15-/m0/s1. The third-order valence-electron chi connectivity index (χ3n) is 3.08. The van der Waals surface area contributed by atoms with Gasteiger partial charge in [0.25, 0.3) is 0 Å². The zero-order valence-electron chi connectivity index (χ0n) is 11.7. The van der Waals surface area contributed by atoms with Crippen LogP contribution in [0.2, 0.25) is 0 Å². The number of ether oxygens (including phenoxy) is 2. The predicted octanol–water partition coefficient (Wildman–Crippen LogP) is 3.05. The van der Waals surface area contributed by atoms with Crippen molar-refractivity contribution in [2.75, 3.05) is 19.0 Å². The van der Waals surface area contributed by atoms with Crippen LogP contribution in [0.25, 0.3) is 0 Å². The van der Waals surface area contributed by atoms with Crippen LogP contribution in [-0.4, -0.2) is 30.2 Å². The second-order valence-electron chi connectivity index (χ2n) is 4.60. The average Bonchev–Trinajstić information content (AvgIpc) is 2.49. The SMILES string of the molecule is CCOC(=O)[C@H]1SCC=C[C@H]1COCc1ccccc1. The Labute approximate surface area is 124 Å². The van der Waals surface area contributed by atoms with E-state index >= 15 is 0 Å². The van der Waals surface area contributed by atoms with Crippen LogP contribution in [0, 0.1) is 5.92 Å². The third-order valence-corrected chi connectivity index (χ3v) is 4.37. The van der Waals surface area contributed by atoms with Crippen molar-refractivity contribution >= 4 is 17.7 Å². The number of thioether (sulfide) groups is 1. The van der Waals surface area contributed by atoms with E-state index in [4.69, 9.17) is 9.47 Å². The third kappa shape index (κ3) is 4.39. The molecule has 2 atom stereocenters. The van der Waals surface area contributed by atoms with Crippen molar-refractivity contribution in [2.45, 2.75) is 18.8 Å². The van der Waals surface area contributed by atoms with E-state index in [-0.39, 0.29) is 17.1 Å². The highest BCUT2D eigenvalue weighted by atomic mass is 32.2. The van der Waals surface area contributed by atoms with E-state index in [1.165, 1.54) is 0 Å². The van der Waals surface area contributed by atoms with Crippen molar-refractivity contribution < 1.29 is 14.3 Å². The molecule has 0 amide bonds. The van der Waals surface area contributed by atoms with Crippen LogP contribution in [-0.2, 0) is 20.9 Å². The van der Waals surface area contributed by atoms with Gasteiger partial charge in [0, 0.05) is 11.7 Å². The molecular weight excluding hydrogens is 272 g/mol. The second kappa shape index (κ2) is 8.12. The minimum atomic E-state index is -0.143. The Morgan fingerprint density at radius 3 is 2.90 bits per heavy atom. The molecular formula is C16H20O3S. The summed E-state index contributed by atoms with van der Waals surface area (Å²) in [7, 11) is 0. The van der Waals surface area contributed by atoms with E-state index in [1.807, 2.05) is 37.3 Å². The maximum Gasteiger partial charge on any atom is 0.319 e. The number of hydrogen-bond donors (Lipinski definition) is 0. The van der Waals surface area contributed by atoms with Gasteiger partial charge in [0.05, 0.1) is 19.8 Å². The number of benzene rings is 1. The van der Waals surface area contributed by atoms with E-state index < -0.39 is 0 Å². The molecule has 0 saturated heterocycles. The molecule has 2 rings (SSSR count). The fourth-order valence-electron chi connectivity index (χ4n) is 2.11. The summed E-state index contributed by atoms with van der Waals surface area (Å²) >= 11 is 1.62. The fourth-order valence-corrected chi connectivity index (χ4v) is 3.16. The zero-order valence-corrected chi connectivity index (χ0v) is 12.5. The van der Waals surface area contributed by atoms with Crippen molar-refractivity contribution in [3.05, 3.63) is 48.0 Å². The summed E-state index contributed by atoms with van der Waals surface area (Å²) in [5.41, 5.74) is 1.15. The number of carbonyl (C=O) groups is 1. The summed E-state index contributed by atoms with van der Waals surface area (Å²) in [5.74, 6) is 0.824. The van der Waals surface area contributed by atoms with Gasteiger partial charge in [-0.15, -0.1) is 11.8 Å². The number of esters is 1. The van der Waals surface area contributed by atoms with Crippen molar-refractivity contribution in [1.29, 1.82) is 0 Å². The largest absolute Gasteiger partial charge is 0.465 e. The summed E-state index contributed by atoms with van der Waals surface area (Å²) in [4.78, 5) is 11.9. The number of hydrogen-bond acceptors (Lipinski definition) is 4. The molecule has 0 fully saturated rings. The average molecular weight is 292 g/mol. The van der Waals surface area contributed by atoms with Gasteiger partial charge in [0.1, 0.15) is 5.25 Å². The van der Waals surface area contributed by atoms with Crippen molar-refractivity contribution in [1.82, 2.24) is 0 Å². The Morgan fingerprint density at radius 1 is 1.35 bits per heavy atom. The Hall–Kier alpha value is -1.26. The monoisotopic (exact) mass is 292 g/mol. The van der Waals surface area contributed by atoms with Crippen LogP contribution in [0.3, 0.4) is 0 Å². The lowest BCUT2D eigenvalue weighted by Gasteiger charge is -2.25. The first-order chi connectivity index (χ1) is 9.81. The number of rotatable bonds is 6. The van der Waals surface area contributed by atoms with Crippen LogP contribution in [0.5, 0.6) is 0 Å². The highest BCUT2D eigenvalue weighted by Gasteiger charge is 2.30. The first-order valence-corrected chi connectivity index (χ1v) is 7.92. The van der Waals surface area contributed by atoms with E-state index in [0.29, 0.717) is 19.8 Å². The summed E-state index contributed by atoms with van der Waals surface area (Å²) in [6, 6.07) is 10.1. The molecule has 0 radical (unpaired) electrons. The van der Waals surface area contributed by atoms with Gasteiger partial charge in [0.15, 0.2) is 0 Å².